The lowest BCUT2D eigenvalue weighted by Crippen LogP contribution is -2.42. The number of hydrogen-bond donors (Lipinski definition) is 1. The molecule has 196 valence electrons. The topological polar surface area (TPSA) is 79.0 Å². The molecule has 1 N–H and O–H groups in total. The Kier molecular flexibility index (Phi) is 8.77. The molecular formula is C27H36FN3O4S. The minimum absolute atomic E-state index is 0.0697. The van der Waals surface area contributed by atoms with E-state index in [2.05, 4.69) is 24.3 Å². The summed E-state index contributed by atoms with van der Waals surface area (Å²) in [5.74, 6) is 0.0458. The second kappa shape index (κ2) is 11.8. The van der Waals surface area contributed by atoms with Crippen molar-refractivity contribution in [1.29, 1.82) is 0 Å². The largest absolute Gasteiger partial charge is 0.367 e. The van der Waals surface area contributed by atoms with Gasteiger partial charge >= 0.3 is 0 Å². The molecule has 2 aromatic carbocycles. The minimum atomic E-state index is -3.54. The molecule has 2 fully saturated rings. The zero-order chi connectivity index (χ0) is 25.7. The number of halogens is 1. The van der Waals surface area contributed by atoms with Crippen LogP contribution in [0.25, 0.3) is 0 Å². The first-order valence-electron chi connectivity index (χ1n) is 12.6. The number of ether oxygens (including phenoxy) is 1. The van der Waals surface area contributed by atoms with E-state index in [1.54, 1.807) is 30.3 Å². The van der Waals surface area contributed by atoms with Crippen molar-refractivity contribution in [1.82, 2.24) is 14.5 Å². The van der Waals surface area contributed by atoms with Crippen molar-refractivity contribution < 1.29 is 22.3 Å². The Hall–Kier alpha value is -2.33. The molecule has 2 unspecified atom stereocenters. The van der Waals surface area contributed by atoms with Crippen LogP contribution in [0, 0.1) is 11.7 Å². The average Bonchev–Trinajstić information content (AvgIpc) is 3.36. The molecule has 4 rings (SSSR count). The van der Waals surface area contributed by atoms with Crippen LogP contribution >= 0.6 is 0 Å². The monoisotopic (exact) mass is 517 g/mol. The lowest BCUT2D eigenvalue weighted by molar-refractivity contribution is -0.128. The molecule has 2 atom stereocenters. The predicted octanol–water partition coefficient (Wildman–Crippen LogP) is 3.58. The molecule has 0 radical (unpaired) electrons. The number of nitrogens with one attached hydrogen (secondary N) is 1. The third-order valence-electron chi connectivity index (χ3n) is 7.29. The standard InChI is InChI=1S/C27H36FN3O4S/c1-30(2)27(20-8-12-22(28)13-9-20)21-10-14-23(15-11-21)29-26(32)19-35-24-16-17-31(18-24)36(33,34)25-6-4-3-5-7-25/h3-9,12-13,21,23-24,27H,10-11,14-19H2,1-2H3,(H,29,32). The van der Waals surface area contributed by atoms with Gasteiger partial charge < -0.3 is 15.0 Å². The van der Waals surface area contributed by atoms with Gasteiger partial charge in [-0.3, -0.25) is 4.79 Å². The van der Waals surface area contributed by atoms with Crippen LogP contribution in [0.15, 0.2) is 59.5 Å². The Morgan fingerprint density at radius 3 is 2.36 bits per heavy atom. The number of nitrogens with zero attached hydrogens (tertiary/aromatic N) is 2. The molecule has 9 heteroatoms. The highest BCUT2D eigenvalue weighted by molar-refractivity contribution is 7.89. The van der Waals surface area contributed by atoms with E-state index in [-0.39, 0.29) is 48.0 Å². The van der Waals surface area contributed by atoms with Gasteiger partial charge in [0.15, 0.2) is 0 Å². The van der Waals surface area contributed by atoms with Crippen LogP contribution in [-0.2, 0) is 19.6 Å². The van der Waals surface area contributed by atoms with Gasteiger partial charge in [-0.05, 0) is 81.9 Å². The summed E-state index contributed by atoms with van der Waals surface area (Å²) in [4.78, 5) is 15.0. The fraction of sp³-hybridized carbons (Fsp3) is 0.519. The van der Waals surface area contributed by atoms with Gasteiger partial charge in [0, 0.05) is 25.2 Å². The van der Waals surface area contributed by atoms with E-state index in [4.69, 9.17) is 4.74 Å². The molecule has 1 heterocycles. The van der Waals surface area contributed by atoms with Crippen molar-refractivity contribution in [3.63, 3.8) is 0 Å². The summed E-state index contributed by atoms with van der Waals surface area (Å²) in [5.41, 5.74) is 1.11. The van der Waals surface area contributed by atoms with Crippen molar-refractivity contribution in [2.24, 2.45) is 5.92 Å². The lowest BCUT2D eigenvalue weighted by atomic mass is 9.78. The normalized spacial score (nSPS) is 24.1. The number of carbonyl (C=O) groups excluding carboxylic acids is 1. The van der Waals surface area contributed by atoms with E-state index in [0.717, 1.165) is 31.2 Å². The third kappa shape index (κ3) is 6.51. The van der Waals surface area contributed by atoms with E-state index in [1.807, 2.05) is 12.1 Å². The maximum Gasteiger partial charge on any atom is 0.246 e. The molecule has 7 nitrogen and oxygen atoms in total. The molecule has 0 bridgehead atoms. The van der Waals surface area contributed by atoms with E-state index in [9.17, 15) is 17.6 Å². The summed E-state index contributed by atoms with van der Waals surface area (Å²) in [6, 6.07) is 15.4. The highest BCUT2D eigenvalue weighted by Crippen LogP contribution is 2.37. The van der Waals surface area contributed by atoms with Crippen LogP contribution in [0.5, 0.6) is 0 Å². The molecule has 0 spiro atoms. The van der Waals surface area contributed by atoms with E-state index in [0.29, 0.717) is 18.9 Å². The summed E-state index contributed by atoms with van der Waals surface area (Å²) >= 11 is 0. The summed E-state index contributed by atoms with van der Waals surface area (Å²) in [6.45, 7) is 0.569. The van der Waals surface area contributed by atoms with Crippen LogP contribution in [0.1, 0.15) is 43.7 Å². The maximum atomic E-state index is 13.4. The molecule has 1 amide bonds. The predicted molar refractivity (Wildman–Crippen MR) is 136 cm³/mol. The van der Waals surface area contributed by atoms with Gasteiger partial charge in [0.05, 0.1) is 11.0 Å². The van der Waals surface area contributed by atoms with E-state index in [1.165, 1.54) is 16.4 Å². The fourth-order valence-corrected chi connectivity index (χ4v) is 7.00. The molecule has 1 aliphatic carbocycles. The summed E-state index contributed by atoms with van der Waals surface area (Å²) < 4.78 is 46.1. The first-order valence-corrected chi connectivity index (χ1v) is 14.1. The Bertz CT molecular complexity index is 1100. The number of rotatable bonds is 9. The number of hydrogen-bond acceptors (Lipinski definition) is 5. The summed E-state index contributed by atoms with van der Waals surface area (Å²) in [5, 5.41) is 3.09. The maximum absolute atomic E-state index is 13.4. The summed E-state index contributed by atoms with van der Waals surface area (Å²) in [6.07, 6.45) is 3.99. The zero-order valence-electron chi connectivity index (χ0n) is 21.0. The van der Waals surface area contributed by atoms with Gasteiger partial charge in [-0.2, -0.15) is 4.31 Å². The smallest absolute Gasteiger partial charge is 0.246 e. The molecule has 0 aromatic heterocycles. The number of sulfonamides is 1. The Morgan fingerprint density at radius 2 is 1.72 bits per heavy atom. The minimum Gasteiger partial charge on any atom is -0.367 e. The Balaban J connectivity index is 1.21. The molecule has 1 saturated carbocycles. The molecule has 36 heavy (non-hydrogen) atoms. The van der Waals surface area contributed by atoms with Gasteiger partial charge in [-0.15, -0.1) is 0 Å². The van der Waals surface area contributed by atoms with Crippen LogP contribution in [0.2, 0.25) is 0 Å². The number of amides is 1. The quantitative estimate of drug-likeness (QED) is 0.550. The van der Waals surface area contributed by atoms with Gasteiger partial charge in [0.1, 0.15) is 12.4 Å². The lowest BCUT2D eigenvalue weighted by Gasteiger charge is -2.37. The first kappa shape index (κ1) is 26.7. The van der Waals surface area contributed by atoms with Crippen LogP contribution in [0.3, 0.4) is 0 Å². The molecular weight excluding hydrogens is 481 g/mol. The fourth-order valence-electron chi connectivity index (χ4n) is 5.49. The molecule has 1 aliphatic heterocycles. The van der Waals surface area contributed by atoms with Gasteiger partial charge in [0.25, 0.3) is 0 Å². The van der Waals surface area contributed by atoms with Crippen molar-refractivity contribution in [2.75, 3.05) is 33.8 Å². The third-order valence-corrected chi connectivity index (χ3v) is 9.17. The molecule has 1 saturated heterocycles. The zero-order valence-corrected chi connectivity index (χ0v) is 21.8. The van der Waals surface area contributed by atoms with E-state index >= 15 is 0 Å². The highest BCUT2D eigenvalue weighted by Gasteiger charge is 2.34. The molecule has 2 aliphatic rings. The second-order valence-electron chi connectivity index (χ2n) is 10.0. The number of benzene rings is 2. The second-order valence-corrected chi connectivity index (χ2v) is 12.0. The molecule has 2 aromatic rings. The summed E-state index contributed by atoms with van der Waals surface area (Å²) in [7, 11) is 0.557. The Labute approximate surface area is 213 Å². The SMILES string of the molecule is CN(C)C(c1ccc(F)cc1)C1CCC(NC(=O)COC2CCN(S(=O)(=O)c3ccccc3)C2)CC1. The van der Waals surface area contributed by atoms with Crippen molar-refractivity contribution in [3.05, 3.63) is 66.0 Å². The van der Waals surface area contributed by atoms with Gasteiger partial charge in [-0.1, -0.05) is 30.3 Å². The van der Waals surface area contributed by atoms with Crippen molar-refractivity contribution >= 4 is 15.9 Å². The number of carbonyl (C=O) groups is 1. The van der Waals surface area contributed by atoms with Gasteiger partial charge in [-0.25, -0.2) is 12.8 Å². The van der Waals surface area contributed by atoms with E-state index < -0.39 is 10.0 Å². The van der Waals surface area contributed by atoms with Gasteiger partial charge in [0.2, 0.25) is 15.9 Å². The Morgan fingerprint density at radius 1 is 1.06 bits per heavy atom. The van der Waals surface area contributed by atoms with Crippen LogP contribution < -0.4 is 5.32 Å². The van der Waals surface area contributed by atoms with Crippen LogP contribution in [-0.4, -0.2) is 69.5 Å². The average molecular weight is 518 g/mol. The highest BCUT2D eigenvalue weighted by atomic mass is 32.2. The van der Waals surface area contributed by atoms with Crippen LogP contribution in [0.4, 0.5) is 4.39 Å². The first-order chi connectivity index (χ1) is 17.2. The van der Waals surface area contributed by atoms with Crippen molar-refractivity contribution in [2.45, 2.75) is 55.2 Å². The van der Waals surface area contributed by atoms with Crippen molar-refractivity contribution in [3.8, 4) is 0 Å².